The molecule has 1 saturated heterocycles. The van der Waals surface area contributed by atoms with Gasteiger partial charge in [-0.15, -0.1) is 26.3 Å². The average molecular weight is 1170 g/mol. The minimum absolute atomic E-state index is 0.0749. The normalized spacial score (nSPS) is 23.1. The van der Waals surface area contributed by atoms with Crippen molar-refractivity contribution in [1.29, 1.82) is 0 Å². The maximum atomic E-state index is 15.7. The van der Waals surface area contributed by atoms with Gasteiger partial charge in [-0.3, -0.25) is 19.2 Å². The molecule has 1 heterocycles. The Hall–Kier alpha value is -6.76. The van der Waals surface area contributed by atoms with E-state index in [2.05, 4.69) is 9.47 Å². The second-order valence-electron chi connectivity index (χ2n) is 23.6. The number of carbonyl (C=O) groups is 8. The quantitative estimate of drug-likeness (QED) is 0.112. The van der Waals surface area contributed by atoms with Gasteiger partial charge in [0.25, 0.3) is 23.6 Å². The van der Waals surface area contributed by atoms with Crippen LogP contribution >= 0.6 is 0 Å². The number of nitrogens with zero attached hydrogens (tertiary/aromatic N) is 4. The molecule has 2 aromatic rings. The zero-order valence-electron chi connectivity index (χ0n) is 48.1. The van der Waals surface area contributed by atoms with Crippen LogP contribution in [0, 0.1) is 10.8 Å². The summed E-state index contributed by atoms with van der Waals surface area (Å²) in [4.78, 5) is 118. The topological polar surface area (TPSA) is 205 Å². The molecule has 3 rings (SSSR count). The summed E-state index contributed by atoms with van der Waals surface area (Å²) in [7, 11) is 4.33. The van der Waals surface area contributed by atoms with Gasteiger partial charge in [0, 0.05) is 53.9 Å². The van der Waals surface area contributed by atoms with Crippen LogP contribution in [0.25, 0.3) is 0 Å². The second kappa shape index (κ2) is 26.9. The van der Waals surface area contributed by atoms with Crippen molar-refractivity contribution < 1.29 is 102 Å². The molecule has 0 aliphatic carbocycles. The summed E-state index contributed by atoms with van der Waals surface area (Å²) >= 11 is 0. The second-order valence-corrected chi connectivity index (χ2v) is 23.6. The number of esters is 4. The van der Waals surface area contributed by atoms with Gasteiger partial charge >= 0.3 is 36.6 Å². The Labute approximate surface area is 466 Å². The van der Waals surface area contributed by atoms with E-state index in [4.69, 9.17) is 18.9 Å². The molecule has 0 bridgehead atoms. The highest BCUT2D eigenvalue weighted by molar-refractivity contribution is 5.94. The van der Waals surface area contributed by atoms with Crippen molar-refractivity contribution in [3.8, 4) is 11.5 Å². The molecule has 0 spiro atoms. The zero-order chi connectivity index (χ0) is 62.1. The third-order valence-electron chi connectivity index (χ3n) is 12.6. The van der Waals surface area contributed by atoms with Gasteiger partial charge in [0.05, 0.1) is 0 Å². The maximum absolute atomic E-state index is 15.7. The fourth-order valence-electron chi connectivity index (χ4n) is 8.48. The number of hydrogen-bond donors (Lipinski definition) is 0. The van der Waals surface area contributed by atoms with Crippen LogP contribution in [0.3, 0.4) is 0 Å². The lowest BCUT2D eigenvalue weighted by Crippen LogP contribution is -2.55. The fraction of sp³-hybridized carbons (Fsp3) is 0.636. The number of amides is 4. The van der Waals surface area contributed by atoms with Crippen molar-refractivity contribution >= 4 is 47.5 Å². The molecule has 81 heavy (non-hydrogen) atoms. The predicted octanol–water partition coefficient (Wildman–Crippen LogP) is 8.04. The highest BCUT2D eigenvalue weighted by atomic mass is 19.4. The van der Waals surface area contributed by atoms with Crippen molar-refractivity contribution in [2.45, 2.75) is 181 Å². The van der Waals surface area contributed by atoms with E-state index in [1.54, 1.807) is 41.5 Å². The zero-order valence-corrected chi connectivity index (χ0v) is 48.1. The molecule has 0 N–H and O–H groups in total. The molecule has 4 amide bonds. The molecule has 0 saturated carbocycles. The summed E-state index contributed by atoms with van der Waals surface area (Å²) in [5, 5.41) is 0. The van der Waals surface area contributed by atoms with E-state index < -0.39 is 169 Å². The Kier molecular flexibility index (Phi) is 22.7. The lowest BCUT2D eigenvalue weighted by Gasteiger charge is -2.36. The van der Waals surface area contributed by atoms with Crippen LogP contribution in [0.4, 0.5) is 35.1 Å². The fourth-order valence-corrected chi connectivity index (χ4v) is 8.48. The van der Waals surface area contributed by atoms with Crippen LogP contribution < -0.4 is 9.47 Å². The summed E-state index contributed by atoms with van der Waals surface area (Å²) in [5.74, 6) is -11.1. The van der Waals surface area contributed by atoms with Crippen LogP contribution in [-0.4, -0.2) is 168 Å². The van der Waals surface area contributed by atoms with Gasteiger partial charge in [-0.1, -0.05) is 65.8 Å². The summed E-state index contributed by atoms with van der Waals surface area (Å²) in [5.41, 5.74) is -6.02. The van der Waals surface area contributed by atoms with Gasteiger partial charge in [0.2, 0.25) is 0 Å². The number of benzene rings is 2. The number of likely N-dealkylation sites (N-methyl/N-ethyl adjacent to an activating group) is 4. The standard InChI is InChI=1S/C55H74F8N4O14/c1-31-43(69)65(13)39(29-53(10,11)57)49(75)79-40(24-32-16-20-34(21-17-32)80-54(58,59)60)44(70)66(14)36(26-50(2,3)4)46(72)76-30-42(68)64(12)38(28-52(8,9)56)48(74)78-41(25-33-18-22-35(23-19-33)81-55(61,62)63)45(71)67(15)37(47(73)77-31)27-51(5,6)7/h16-23,31,36-41H,24-30H2,1-15H3/t31-,36+,37+,38+,39+,40-,41-/m1/s1. The molecular formula is C55H74F8N4O14. The molecule has 454 valence electrons. The summed E-state index contributed by atoms with van der Waals surface area (Å²) in [6.07, 6.45) is -19.2. The summed E-state index contributed by atoms with van der Waals surface area (Å²) < 4.78 is 141. The Morgan fingerprint density at radius 1 is 0.444 bits per heavy atom. The first kappa shape index (κ1) is 68.5. The first-order valence-electron chi connectivity index (χ1n) is 25.7. The Morgan fingerprint density at radius 3 is 1.09 bits per heavy atom. The first-order valence-corrected chi connectivity index (χ1v) is 25.7. The largest absolute Gasteiger partial charge is 0.573 e. The van der Waals surface area contributed by atoms with Crippen molar-refractivity contribution in [2.24, 2.45) is 10.8 Å². The molecular weight excluding hydrogens is 1090 g/mol. The predicted molar refractivity (Wildman–Crippen MR) is 274 cm³/mol. The van der Waals surface area contributed by atoms with Crippen LogP contribution in [0.5, 0.6) is 11.5 Å². The molecule has 26 heteroatoms. The molecule has 1 fully saturated rings. The van der Waals surface area contributed by atoms with E-state index in [-0.39, 0.29) is 24.0 Å². The van der Waals surface area contributed by atoms with E-state index in [1.165, 1.54) is 0 Å². The molecule has 0 radical (unpaired) electrons. The Balaban J connectivity index is 2.33. The number of rotatable bonds is 12. The molecule has 7 atom stereocenters. The number of carbonyl (C=O) groups excluding carboxylic acids is 8. The minimum Gasteiger partial charge on any atom is -0.454 e. The van der Waals surface area contributed by atoms with E-state index in [1.807, 2.05) is 0 Å². The van der Waals surface area contributed by atoms with E-state index in [9.17, 15) is 64.7 Å². The lowest BCUT2D eigenvalue weighted by atomic mass is 9.87. The number of ether oxygens (including phenoxy) is 6. The van der Waals surface area contributed by atoms with Crippen LogP contribution in [-0.2, 0) is 70.1 Å². The van der Waals surface area contributed by atoms with Crippen molar-refractivity contribution in [2.75, 3.05) is 34.8 Å². The molecule has 0 aromatic heterocycles. The maximum Gasteiger partial charge on any atom is 0.573 e. The smallest absolute Gasteiger partial charge is 0.454 e. The molecule has 18 nitrogen and oxygen atoms in total. The van der Waals surface area contributed by atoms with Gasteiger partial charge in [0.1, 0.15) is 47.0 Å². The van der Waals surface area contributed by atoms with Gasteiger partial charge in [-0.05, 0) is 93.7 Å². The minimum atomic E-state index is -5.07. The van der Waals surface area contributed by atoms with E-state index in [0.29, 0.717) is 9.80 Å². The molecule has 0 unspecified atom stereocenters. The number of cyclic esters (lactones) is 4. The monoisotopic (exact) mass is 1170 g/mol. The van der Waals surface area contributed by atoms with Crippen molar-refractivity contribution in [1.82, 2.24) is 19.6 Å². The van der Waals surface area contributed by atoms with Gasteiger partial charge in [-0.25, -0.2) is 28.0 Å². The summed E-state index contributed by atoms with van der Waals surface area (Å²) in [6.45, 7) is 14.2. The van der Waals surface area contributed by atoms with Crippen LogP contribution in [0.1, 0.15) is 113 Å². The number of hydrogen-bond acceptors (Lipinski definition) is 14. The number of alkyl halides is 8. The van der Waals surface area contributed by atoms with E-state index >= 15 is 8.78 Å². The van der Waals surface area contributed by atoms with Crippen LogP contribution in [0.2, 0.25) is 0 Å². The molecule has 1 aliphatic heterocycles. The van der Waals surface area contributed by atoms with Crippen LogP contribution in [0.15, 0.2) is 48.5 Å². The SMILES string of the molecule is C[C@H]1OC(=O)[C@H](CC(C)(C)C)N(C)C(=O)[C@@H](Cc2ccc(OC(F)(F)F)cc2)OC(=O)[C@H](CC(C)(C)F)N(C)C(=O)COC(=O)[C@H](CC(C)(C)C)N(C)C(=O)[C@@H](Cc2ccc(OC(F)(F)F)cc2)OC(=O)[C@H](CC(C)(C)F)N(C)C1=O. The first-order chi connectivity index (χ1) is 36.7. The van der Waals surface area contributed by atoms with Gasteiger partial charge in [-0.2, -0.15) is 0 Å². The highest BCUT2D eigenvalue weighted by Gasteiger charge is 2.45. The lowest BCUT2D eigenvalue weighted by molar-refractivity contribution is -0.275. The van der Waals surface area contributed by atoms with E-state index in [0.717, 1.165) is 121 Å². The Bertz CT molecular complexity index is 2450. The van der Waals surface area contributed by atoms with Gasteiger partial charge < -0.3 is 48.0 Å². The average Bonchev–Trinajstić information content (AvgIpc) is 3.31. The molecule has 1 aliphatic rings. The molecule has 2 aromatic carbocycles. The van der Waals surface area contributed by atoms with Crippen molar-refractivity contribution in [3.63, 3.8) is 0 Å². The number of halogens is 8. The highest BCUT2D eigenvalue weighted by Crippen LogP contribution is 2.31. The third kappa shape index (κ3) is 22.6. The van der Waals surface area contributed by atoms with Crippen molar-refractivity contribution in [3.05, 3.63) is 59.7 Å². The Morgan fingerprint density at radius 2 is 0.753 bits per heavy atom. The van der Waals surface area contributed by atoms with Gasteiger partial charge in [0.15, 0.2) is 24.9 Å². The summed E-state index contributed by atoms with van der Waals surface area (Å²) in [6, 6.07) is 1.09. The third-order valence-corrected chi connectivity index (χ3v) is 12.6.